The van der Waals surface area contributed by atoms with E-state index in [1.807, 2.05) is 6.07 Å². The number of ether oxygens (including phenoxy) is 1. The standard InChI is InChI=1S/C23H24F6O/c1-2-3-4-14-5-8-16(19(24)12-14)9-6-15-7-10-18-17(11-15)13-20(25)22(21(18)26)30-23(27,28)29/h5,8,12-13,15H,2-4,6-7,9-11H2,1H3. The summed E-state index contributed by atoms with van der Waals surface area (Å²) in [6.07, 6.45) is -0.0787. The van der Waals surface area contributed by atoms with Crippen molar-refractivity contribution in [2.45, 2.75) is 64.7 Å². The van der Waals surface area contributed by atoms with Crippen molar-refractivity contribution in [3.63, 3.8) is 0 Å². The van der Waals surface area contributed by atoms with Crippen LogP contribution in [-0.2, 0) is 25.7 Å². The lowest BCUT2D eigenvalue weighted by Gasteiger charge is -2.26. The van der Waals surface area contributed by atoms with E-state index in [-0.39, 0.29) is 23.7 Å². The monoisotopic (exact) mass is 430 g/mol. The normalized spacial score (nSPS) is 16.4. The van der Waals surface area contributed by atoms with Crippen molar-refractivity contribution in [3.8, 4) is 5.75 Å². The molecule has 1 atom stereocenters. The van der Waals surface area contributed by atoms with Gasteiger partial charge in [0.15, 0.2) is 11.6 Å². The highest BCUT2D eigenvalue weighted by molar-refractivity contribution is 5.41. The Labute approximate surface area is 172 Å². The van der Waals surface area contributed by atoms with Gasteiger partial charge in [-0.15, -0.1) is 13.2 Å². The molecule has 2 aromatic rings. The predicted molar refractivity (Wildman–Crippen MR) is 102 cm³/mol. The summed E-state index contributed by atoms with van der Waals surface area (Å²) in [4.78, 5) is 0. The molecule has 2 aromatic carbocycles. The van der Waals surface area contributed by atoms with Crippen LogP contribution in [-0.4, -0.2) is 6.36 Å². The number of rotatable bonds is 7. The molecule has 0 saturated carbocycles. The summed E-state index contributed by atoms with van der Waals surface area (Å²) in [5.41, 5.74) is 1.99. The number of aryl methyl sites for hydroxylation is 2. The first kappa shape index (κ1) is 22.5. The molecule has 3 rings (SSSR count). The summed E-state index contributed by atoms with van der Waals surface area (Å²) in [7, 11) is 0. The van der Waals surface area contributed by atoms with Crippen molar-refractivity contribution >= 4 is 0 Å². The SMILES string of the molecule is CCCCc1ccc(CCC2CCc3c(cc(F)c(OC(F)(F)F)c3F)C2)c(F)c1. The first-order valence-corrected chi connectivity index (χ1v) is 10.2. The fourth-order valence-electron chi connectivity index (χ4n) is 4.05. The Morgan fingerprint density at radius 3 is 2.47 bits per heavy atom. The van der Waals surface area contributed by atoms with Crippen LogP contribution in [0.3, 0.4) is 0 Å². The van der Waals surface area contributed by atoms with E-state index in [2.05, 4.69) is 11.7 Å². The Hall–Kier alpha value is -2.18. The second-order valence-corrected chi connectivity index (χ2v) is 7.86. The summed E-state index contributed by atoms with van der Waals surface area (Å²) in [5.74, 6) is -4.21. The minimum atomic E-state index is -5.16. The van der Waals surface area contributed by atoms with Crippen LogP contribution < -0.4 is 4.74 Å². The lowest BCUT2D eigenvalue weighted by Crippen LogP contribution is -2.22. The van der Waals surface area contributed by atoms with Gasteiger partial charge in [0.1, 0.15) is 5.82 Å². The van der Waals surface area contributed by atoms with E-state index in [9.17, 15) is 26.3 Å². The molecule has 1 nitrogen and oxygen atoms in total. The van der Waals surface area contributed by atoms with Gasteiger partial charge in [0.05, 0.1) is 0 Å². The minimum Gasteiger partial charge on any atom is -0.399 e. The number of halogens is 6. The third kappa shape index (κ3) is 5.49. The minimum absolute atomic E-state index is 0.0679. The van der Waals surface area contributed by atoms with Gasteiger partial charge in [0.2, 0.25) is 5.75 Å². The molecule has 0 bridgehead atoms. The molecule has 1 aliphatic rings. The fraction of sp³-hybridized carbons (Fsp3) is 0.478. The quantitative estimate of drug-likeness (QED) is 0.427. The highest BCUT2D eigenvalue weighted by Gasteiger charge is 2.36. The molecule has 0 N–H and O–H groups in total. The molecule has 0 aliphatic heterocycles. The molecule has 0 amide bonds. The largest absolute Gasteiger partial charge is 0.573 e. The zero-order chi connectivity index (χ0) is 21.9. The van der Waals surface area contributed by atoms with Gasteiger partial charge in [-0.25, -0.2) is 13.2 Å². The average Bonchev–Trinajstić information content (AvgIpc) is 2.68. The lowest BCUT2D eigenvalue weighted by atomic mass is 9.80. The molecule has 0 spiro atoms. The molecule has 0 heterocycles. The van der Waals surface area contributed by atoms with Crippen LogP contribution in [0, 0.1) is 23.4 Å². The van der Waals surface area contributed by atoms with Crippen LogP contribution in [0.5, 0.6) is 5.75 Å². The van der Waals surface area contributed by atoms with Crippen molar-refractivity contribution in [1.82, 2.24) is 0 Å². The number of alkyl halides is 3. The van der Waals surface area contributed by atoms with Gasteiger partial charge in [0, 0.05) is 0 Å². The second-order valence-electron chi connectivity index (χ2n) is 7.86. The number of hydrogen-bond donors (Lipinski definition) is 0. The van der Waals surface area contributed by atoms with Crippen molar-refractivity contribution in [3.05, 3.63) is 64.0 Å². The Bertz CT molecular complexity index is 890. The molecule has 0 fully saturated rings. The van der Waals surface area contributed by atoms with Crippen molar-refractivity contribution in [2.24, 2.45) is 5.92 Å². The maximum atomic E-state index is 14.4. The van der Waals surface area contributed by atoms with Crippen LogP contribution in [0.25, 0.3) is 0 Å². The smallest absolute Gasteiger partial charge is 0.399 e. The second kappa shape index (κ2) is 9.31. The summed E-state index contributed by atoms with van der Waals surface area (Å²) in [6, 6.07) is 6.21. The summed E-state index contributed by atoms with van der Waals surface area (Å²) < 4.78 is 83.4. The van der Waals surface area contributed by atoms with Gasteiger partial charge < -0.3 is 4.74 Å². The number of benzene rings is 2. The first-order chi connectivity index (χ1) is 14.2. The molecule has 0 saturated heterocycles. The fourth-order valence-corrected chi connectivity index (χ4v) is 4.05. The highest BCUT2D eigenvalue weighted by atomic mass is 19.4. The van der Waals surface area contributed by atoms with E-state index in [0.29, 0.717) is 36.8 Å². The van der Waals surface area contributed by atoms with Crippen molar-refractivity contribution < 1.29 is 31.1 Å². The van der Waals surface area contributed by atoms with Gasteiger partial charge in [0.25, 0.3) is 0 Å². The molecule has 1 aliphatic carbocycles. The molecular formula is C23H24F6O. The summed E-state index contributed by atoms with van der Waals surface area (Å²) in [5, 5.41) is 0. The Morgan fingerprint density at radius 1 is 1.03 bits per heavy atom. The van der Waals surface area contributed by atoms with E-state index >= 15 is 0 Å². The van der Waals surface area contributed by atoms with Crippen LogP contribution in [0.15, 0.2) is 24.3 Å². The van der Waals surface area contributed by atoms with E-state index in [1.54, 1.807) is 12.1 Å². The van der Waals surface area contributed by atoms with Gasteiger partial charge in [-0.05, 0) is 85.3 Å². The summed E-state index contributed by atoms with van der Waals surface area (Å²) in [6.45, 7) is 2.08. The van der Waals surface area contributed by atoms with Gasteiger partial charge in [-0.2, -0.15) is 0 Å². The van der Waals surface area contributed by atoms with Crippen LogP contribution >= 0.6 is 0 Å². The van der Waals surface area contributed by atoms with E-state index in [1.165, 1.54) is 0 Å². The van der Waals surface area contributed by atoms with Gasteiger partial charge >= 0.3 is 6.36 Å². The molecule has 0 aromatic heterocycles. The third-order valence-corrected chi connectivity index (χ3v) is 5.66. The number of hydrogen-bond acceptors (Lipinski definition) is 1. The van der Waals surface area contributed by atoms with Gasteiger partial charge in [-0.3, -0.25) is 0 Å². The molecule has 1 unspecified atom stereocenters. The molecule has 30 heavy (non-hydrogen) atoms. The maximum absolute atomic E-state index is 14.4. The molecule has 164 valence electrons. The zero-order valence-corrected chi connectivity index (χ0v) is 16.7. The topological polar surface area (TPSA) is 9.23 Å². The van der Waals surface area contributed by atoms with E-state index in [4.69, 9.17) is 0 Å². The molecule has 7 heteroatoms. The Kier molecular flexibility index (Phi) is 6.98. The van der Waals surface area contributed by atoms with E-state index < -0.39 is 23.7 Å². The Balaban J connectivity index is 1.66. The Morgan fingerprint density at radius 2 is 1.80 bits per heavy atom. The van der Waals surface area contributed by atoms with Crippen molar-refractivity contribution in [2.75, 3.05) is 0 Å². The van der Waals surface area contributed by atoms with Gasteiger partial charge in [-0.1, -0.05) is 25.5 Å². The third-order valence-electron chi connectivity index (χ3n) is 5.66. The first-order valence-electron chi connectivity index (χ1n) is 10.2. The van der Waals surface area contributed by atoms with E-state index in [0.717, 1.165) is 30.9 Å². The van der Waals surface area contributed by atoms with Crippen LogP contribution in [0.1, 0.15) is 54.9 Å². The van der Waals surface area contributed by atoms with Crippen LogP contribution in [0.2, 0.25) is 0 Å². The van der Waals surface area contributed by atoms with Crippen molar-refractivity contribution in [1.29, 1.82) is 0 Å². The number of fused-ring (bicyclic) bond motifs is 1. The highest BCUT2D eigenvalue weighted by Crippen LogP contribution is 2.37. The average molecular weight is 430 g/mol. The molecule has 0 radical (unpaired) electrons. The van der Waals surface area contributed by atoms with Crippen LogP contribution in [0.4, 0.5) is 26.3 Å². The lowest BCUT2D eigenvalue weighted by molar-refractivity contribution is -0.276. The zero-order valence-electron chi connectivity index (χ0n) is 16.7. The number of unbranched alkanes of at least 4 members (excludes halogenated alkanes) is 1. The summed E-state index contributed by atoms with van der Waals surface area (Å²) >= 11 is 0. The maximum Gasteiger partial charge on any atom is 0.573 e. The molecular weight excluding hydrogens is 406 g/mol. The predicted octanol–water partition coefficient (Wildman–Crippen LogP) is 7.08.